The molecule has 4 nitrogen and oxygen atoms in total. The smallest absolute Gasteiger partial charge is 0.306 e. The monoisotopic (exact) mass is 757 g/mol. The average molecular weight is 757 g/mol. The highest BCUT2D eigenvalue weighted by molar-refractivity contribution is 5.69. The number of unbranched alkanes of at least 4 members (excludes halogenated alkanes) is 26. The Kier molecular flexibility index (Phi) is 27.2. The summed E-state index contributed by atoms with van der Waals surface area (Å²) in [6.45, 7) is 12.3. The zero-order valence-electron chi connectivity index (χ0n) is 36.8. The number of hydrogen-bond donors (Lipinski definition) is 2. The zero-order chi connectivity index (χ0) is 39.3. The first-order chi connectivity index (χ1) is 26.1. The summed E-state index contributed by atoms with van der Waals surface area (Å²) in [6.07, 6.45) is 46.7. The van der Waals surface area contributed by atoms with E-state index >= 15 is 0 Å². The first-order valence-corrected chi connectivity index (χ1v) is 23.9. The van der Waals surface area contributed by atoms with Gasteiger partial charge in [0.05, 0.1) is 6.10 Å². The Bertz CT molecular complexity index is 997. The number of carbonyl (C=O) groups is 1. The summed E-state index contributed by atoms with van der Waals surface area (Å²) in [5, 5.41) is 19.6. The number of carbonyl (C=O) groups excluding carboxylic acids is 1. The maximum absolute atomic E-state index is 12.3. The third kappa shape index (κ3) is 20.3. The molecular weight excluding hydrogens is 665 g/mol. The van der Waals surface area contributed by atoms with Gasteiger partial charge in [-0.3, -0.25) is 4.79 Å². The van der Waals surface area contributed by atoms with Crippen LogP contribution in [-0.4, -0.2) is 35.5 Å². The highest BCUT2D eigenvalue weighted by Crippen LogP contribution is 2.60. The molecule has 54 heavy (non-hydrogen) atoms. The molecule has 4 atom stereocenters. The highest BCUT2D eigenvalue weighted by atomic mass is 16.5. The molecule has 0 bridgehead atoms. The predicted octanol–water partition coefficient (Wildman–Crippen LogP) is 14.9. The van der Waals surface area contributed by atoms with Crippen LogP contribution in [0.3, 0.4) is 0 Å². The Morgan fingerprint density at radius 1 is 0.685 bits per heavy atom. The summed E-state index contributed by atoms with van der Waals surface area (Å²) in [7, 11) is 0. The molecule has 4 unspecified atom stereocenters. The van der Waals surface area contributed by atoms with Crippen LogP contribution in [0.4, 0.5) is 0 Å². The van der Waals surface area contributed by atoms with Gasteiger partial charge in [-0.25, -0.2) is 0 Å². The maximum atomic E-state index is 12.3. The lowest BCUT2D eigenvalue weighted by atomic mass is 9.47. The van der Waals surface area contributed by atoms with Gasteiger partial charge >= 0.3 is 5.97 Å². The molecule has 2 rings (SSSR count). The van der Waals surface area contributed by atoms with Gasteiger partial charge < -0.3 is 14.9 Å². The molecular formula is C50H92O4. The van der Waals surface area contributed by atoms with Crippen LogP contribution >= 0.6 is 0 Å². The van der Waals surface area contributed by atoms with Gasteiger partial charge in [0, 0.05) is 13.0 Å². The number of fused-ring (bicyclic) bond motifs is 1. The van der Waals surface area contributed by atoms with Crippen molar-refractivity contribution in [2.75, 3.05) is 13.2 Å². The Morgan fingerprint density at radius 2 is 1.09 bits per heavy atom. The zero-order valence-corrected chi connectivity index (χ0v) is 36.8. The van der Waals surface area contributed by atoms with Gasteiger partial charge in [0.25, 0.3) is 0 Å². The van der Waals surface area contributed by atoms with Gasteiger partial charge in [0.1, 0.15) is 6.61 Å². The first-order valence-electron chi connectivity index (χ1n) is 23.9. The molecule has 0 amide bonds. The standard InChI is InChI=1S/C50H92O4/c1-43(34-36-45-44(2)35-37-46-49(3,4)47(52)38-40-50(45,46)5)39-42-54-48(53)33-31-29-27-25-23-21-19-17-15-13-11-9-7-6-8-10-12-14-16-18-20-22-24-26-28-30-32-41-51/h35,39,45-47,51-52H,6-34,36-38,40-42H2,1-5H3. The molecule has 0 radical (unpaired) electrons. The largest absolute Gasteiger partial charge is 0.461 e. The minimum absolute atomic E-state index is 0.0383. The van der Waals surface area contributed by atoms with Crippen molar-refractivity contribution in [1.29, 1.82) is 0 Å². The van der Waals surface area contributed by atoms with Crippen LogP contribution in [0.5, 0.6) is 0 Å². The van der Waals surface area contributed by atoms with E-state index in [1.54, 1.807) is 0 Å². The van der Waals surface area contributed by atoms with Gasteiger partial charge in [-0.15, -0.1) is 0 Å². The van der Waals surface area contributed by atoms with Crippen LogP contribution < -0.4 is 0 Å². The SMILES string of the molecule is CC(=CCOC(=O)CCCCCCCCCCCCCCCCCCCCCCCCCCCCCO)CCC1C(C)=CCC2C(C)(C)C(O)CCC12C. The van der Waals surface area contributed by atoms with Gasteiger partial charge in [-0.05, 0) is 87.5 Å². The van der Waals surface area contributed by atoms with Crippen LogP contribution in [0, 0.1) is 22.7 Å². The van der Waals surface area contributed by atoms with E-state index in [4.69, 9.17) is 9.84 Å². The fraction of sp³-hybridized carbons (Fsp3) is 0.900. The lowest BCUT2D eigenvalue weighted by Gasteiger charge is -2.58. The van der Waals surface area contributed by atoms with Crippen molar-refractivity contribution in [3.63, 3.8) is 0 Å². The van der Waals surface area contributed by atoms with Crippen molar-refractivity contribution >= 4 is 5.97 Å². The number of esters is 1. The summed E-state index contributed by atoms with van der Waals surface area (Å²) in [5.41, 5.74) is 3.05. The average Bonchev–Trinajstić information content (AvgIpc) is 3.14. The van der Waals surface area contributed by atoms with E-state index in [2.05, 4.69) is 46.8 Å². The second kappa shape index (κ2) is 30.0. The molecule has 0 aromatic heterocycles. The molecule has 0 aromatic rings. The molecule has 316 valence electrons. The fourth-order valence-corrected chi connectivity index (χ4v) is 10.2. The highest BCUT2D eigenvalue weighted by Gasteiger charge is 2.54. The molecule has 1 fully saturated rings. The maximum Gasteiger partial charge on any atom is 0.306 e. The molecule has 1 saturated carbocycles. The summed E-state index contributed by atoms with van der Waals surface area (Å²) in [6, 6.07) is 0. The lowest BCUT2D eigenvalue weighted by Crippen LogP contribution is -2.54. The Labute approximate surface area is 336 Å². The fourth-order valence-electron chi connectivity index (χ4n) is 10.2. The van der Waals surface area contributed by atoms with Crippen LogP contribution in [0.25, 0.3) is 0 Å². The van der Waals surface area contributed by atoms with E-state index in [1.807, 2.05) is 0 Å². The minimum atomic E-state index is -0.199. The summed E-state index contributed by atoms with van der Waals surface area (Å²) >= 11 is 0. The van der Waals surface area contributed by atoms with E-state index in [-0.39, 0.29) is 22.9 Å². The molecule has 0 aliphatic heterocycles. The number of rotatable bonds is 34. The predicted molar refractivity (Wildman–Crippen MR) is 233 cm³/mol. The van der Waals surface area contributed by atoms with Crippen molar-refractivity contribution in [2.45, 2.75) is 253 Å². The Balaban J connectivity index is 1.32. The summed E-state index contributed by atoms with van der Waals surface area (Å²) < 4.78 is 5.57. The van der Waals surface area contributed by atoms with Crippen LogP contribution in [-0.2, 0) is 9.53 Å². The second-order valence-corrected chi connectivity index (χ2v) is 19.0. The van der Waals surface area contributed by atoms with Gasteiger partial charge in [0.15, 0.2) is 0 Å². The molecule has 0 spiro atoms. The molecule has 0 saturated heterocycles. The number of aliphatic hydroxyl groups excluding tert-OH is 2. The van der Waals surface area contributed by atoms with E-state index in [0.717, 1.165) is 51.4 Å². The Morgan fingerprint density at radius 3 is 1.52 bits per heavy atom. The normalized spacial score (nSPS) is 22.6. The summed E-state index contributed by atoms with van der Waals surface area (Å²) in [4.78, 5) is 12.3. The van der Waals surface area contributed by atoms with E-state index < -0.39 is 0 Å². The minimum Gasteiger partial charge on any atom is -0.461 e. The number of aliphatic hydroxyl groups is 2. The molecule has 0 aromatic carbocycles. The van der Waals surface area contributed by atoms with E-state index in [0.29, 0.717) is 31.5 Å². The molecule has 4 heteroatoms. The first kappa shape index (κ1) is 49.0. The molecule has 0 heterocycles. The van der Waals surface area contributed by atoms with Crippen LogP contribution in [0.2, 0.25) is 0 Å². The summed E-state index contributed by atoms with van der Waals surface area (Å²) in [5.74, 6) is 1.03. The van der Waals surface area contributed by atoms with Crippen molar-refractivity contribution < 1.29 is 19.7 Å². The number of allylic oxidation sites excluding steroid dienone is 3. The third-order valence-electron chi connectivity index (χ3n) is 14.1. The van der Waals surface area contributed by atoms with E-state index in [1.165, 1.54) is 165 Å². The number of hydrogen-bond acceptors (Lipinski definition) is 4. The van der Waals surface area contributed by atoms with Crippen LogP contribution in [0.15, 0.2) is 23.3 Å². The van der Waals surface area contributed by atoms with Crippen molar-refractivity contribution in [3.05, 3.63) is 23.3 Å². The quantitative estimate of drug-likeness (QED) is 0.0390. The van der Waals surface area contributed by atoms with Crippen molar-refractivity contribution in [3.8, 4) is 0 Å². The van der Waals surface area contributed by atoms with Crippen molar-refractivity contribution in [1.82, 2.24) is 0 Å². The second-order valence-electron chi connectivity index (χ2n) is 19.0. The van der Waals surface area contributed by atoms with Crippen LogP contribution in [0.1, 0.15) is 247 Å². The topological polar surface area (TPSA) is 66.8 Å². The number of ether oxygens (including phenoxy) is 1. The molecule has 2 aliphatic carbocycles. The van der Waals surface area contributed by atoms with Crippen molar-refractivity contribution in [2.24, 2.45) is 22.7 Å². The third-order valence-corrected chi connectivity index (χ3v) is 14.1. The van der Waals surface area contributed by atoms with E-state index in [9.17, 15) is 9.90 Å². The van der Waals surface area contributed by atoms with Gasteiger partial charge in [-0.2, -0.15) is 0 Å². The lowest BCUT2D eigenvalue weighted by molar-refractivity contribution is -0.142. The Hall–Kier alpha value is -1.13. The van der Waals surface area contributed by atoms with Gasteiger partial charge in [0.2, 0.25) is 0 Å². The molecule has 2 aliphatic rings. The van der Waals surface area contributed by atoms with Gasteiger partial charge in [-0.1, -0.05) is 199 Å². The molecule has 2 N–H and O–H groups in total.